The Balaban J connectivity index is 1.66. The molecule has 26 heavy (non-hydrogen) atoms. The van der Waals surface area contributed by atoms with E-state index in [-0.39, 0.29) is 0 Å². The van der Waals surface area contributed by atoms with Crippen molar-refractivity contribution in [2.24, 2.45) is 10.9 Å². The van der Waals surface area contributed by atoms with Crippen LogP contribution in [0.3, 0.4) is 0 Å². The minimum Gasteiger partial charge on any atom is -0.356 e. The van der Waals surface area contributed by atoms with Crippen LogP contribution >= 0.6 is 0 Å². The van der Waals surface area contributed by atoms with Crippen LogP contribution in [-0.4, -0.2) is 68.1 Å². The molecule has 2 N–H and O–H groups in total. The van der Waals surface area contributed by atoms with E-state index < -0.39 is 0 Å². The van der Waals surface area contributed by atoms with Gasteiger partial charge in [-0.1, -0.05) is 37.3 Å². The molecular weight excluding hydrogens is 322 g/mol. The highest BCUT2D eigenvalue weighted by molar-refractivity contribution is 5.80. The predicted molar refractivity (Wildman–Crippen MR) is 112 cm³/mol. The molecule has 2 rings (SSSR count). The number of aliphatic imine (C=N–C) groups is 1. The number of likely N-dealkylation sites (tertiary alicyclic amines) is 1. The minimum absolute atomic E-state index is 0.476. The average Bonchev–Trinajstić information content (AvgIpc) is 2.99. The molecule has 1 aromatic carbocycles. The SMILES string of the molecule is CN=C(NCCCN(C)Cc1ccccc1)NC1CN(C(C)C)CC1C. The molecular formula is C21H37N5. The Hall–Kier alpha value is -1.59. The van der Waals surface area contributed by atoms with Gasteiger partial charge in [-0.05, 0) is 45.3 Å². The van der Waals surface area contributed by atoms with Crippen LogP contribution in [0.5, 0.6) is 0 Å². The number of guanidine groups is 1. The molecule has 5 nitrogen and oxygen atoms in total. The second kappa shape index (κ2) is 10.5. The highest BCUT2D eigenvalue weighted by atomic mass is 15.3. The molecule has 1 heterocycles. The molecule has 0 saturated carbocycles. The van der Waals surface area contributed by atoms with Crippen molar-refractivity contribution >= 4 is 5.96 Å². The van der Waals surface area contributed by atoms with E-state index in [1.165, 1.54) is 5.56 Å². The molecule has 1 aromatic rings. The summed E-state index contributed by atoms with van der Waals surface area (Å²) in [7, 11) is 4.04. The van der Waals surface area contributed by atoms with Crippen LogP contribution in [-0.2, 0) is 6.54 Å². The number of rotatable bonds is 8. The summed E-state index contributed by atoms with van der Waals surface area (Å²) in [6, 6.07) is 11.7. The van der Waals surface area contributed by atoms with Gasteiger partial charge in [-0.3, -0.25) is 9.89 Å². The van der Waals surface area contributed by atoms with Crippen LogP contribution in [0.25, 0.3) is 0 Å². The molecule has 1 aliphatic heterocycles. The van der Waals surface area contributed by atoms with Gasteiger partial charge in [0.25, 0.3) is 0 Å². The van der Waals surface area contributed by atoms with Gasteiger partial charge in [0, 0.05) is 45.3 Å². The summed E-state index contributed by atoms with van der Waals surface area (Å²) in [5, 5.41) is 7.09. The van der Waals surface area contributed by atoms with Gasteiger partial charge in [-0.15, -0.1) is 0 Å². The molecule has 146 valence electrons. The molecule has 0 amide bonds. The van der Waals surface area contributed by atoms with E-state index >= 15 is 0 Å². The standard InChI is InChI=1S/C21H37N5/c1-17(2)26-14-18(3)20(16-26)24-21(22-4)23-12-9-13-25(5)15-19-10-7-6-8-11-19/h6-8,10-11,17-18,20H,9,12-16H2,1-5H3,(H2,22,23,24). The first kappa shape index (κ1) is 20.7. The van der Waals surface area contributed by atoms with Crippen LogP contribution < -0.4 is 10.6 Å². The third-order valence-electron chi connectivity index (χ3n) is 5.22. The topological polar surface area (TPSA) is 42.9 Å². The quantitative estimate of drug-likeness (QED) is 0.425. The summed E-state index contributed by atoms with van der Waals surface area (Å²) >= 11 is 0. The fraction of sp³-hybridized carbons (Fsp3) is 0.667. The van der Waals surface area contributed by atoms with Gasteiger partial charge in [0.2, 0.25) is 0 Å². The zero-order valence-corrected chi connectivity index (χ0v) is 17.2. The minimum atomic E-state index is 0.476. The van der Waals surface area contributed by atoms with Crippen molar-refractivity contribution in [3.05, 3.63) is 35.9 Å². The van der Waals surface area contributed by atoms with E-state index in [1.54, 1.807) is 0 Å². The van der Waals surface area contributed by atoms with Gasteiger partial charge in [0.1, 0.15) is 0 Å². The molecule has 2 unspecified atom stereocenters. The number of nitrogens with one attached hydrogen (secondary N) is 2. The second-order valence-corrected chi connectivity index (χ2v) is 7.85. The maximum Gasteiger partial charge on any atom is 0.191 e. The Bertz CT molecular complexity index is 543. The summed E-state index contributed by atoms with van der Waals surface area (Å²) in [5.41, 5.74) is 1.37. The lowest BCUT2D eigenvalue weighted by atomic mass is 10.1. The van der Waals surface area contributed by atoms with Crippen molar-refractivity contribution in [3.63, 3.8) is 0 Å². The molecule has 1 saturated heterocycles. The Morgan fingerprint density at radius 3 is 2.62 bits per heavy atom. The summed E-state index contributed by atoms with van der Waals surface area (Å²) < 4.78 is 0. The molecule has 2 atom stereocenters. The van der Waals surface area contributed by atoms with Gasteiger partial charge in [0.15, 0.2) is 5.96 Å². The fourth-order valence-corrected chi connectivity index (χ4v) is 3.51. The van der Waals surface area contributed by atoms with Crippen LogP contribution in [0.4, 0.5) is 0 Å². The highest BCUT2D eigenvalue weighted by Crippen LogP contribution is 2.18. The fourth-order valence-electron chi connectivity index (χ4n) is 3.51. The zero-order valence-electron chi connectivity index (χ0n) is 17.2. The monoisotopic (exact) mass is 359 g/mol. The first-order valence-electron chi connectivity index (χ1n) is 9.93. The Kier molecular flexibility index (Phi) is 8.39. The van der Waals surface area contributed by atoms with E-state index in [0.29, 0.717) is 18.0 Å². The second-order valence-electron chi connectivity index (χ2n) is 7.85. The Labute approximate surface area is 159 Å². The molecule has 0 radical (unpaired) electrons. The molecule has 0 spiro atoms. The van der Waals surface area contributed by atoms with Crippen molar-refractivity contribution in [2.45, 2.75) is 45.8 Å². The third kappa shape index (κ3) is 6.61. The van der Waals surface area contributed by atoms with Crippen molar-refractivity contribution in [1.29, 1.82) is 0 Å². The van der Waals surface area contributed by atoms with Gasteiger partial charge in [-0.25, -0.2) is 0 Å². The summed E-state index contributed by atoms with van der Waals surface area (Å²) in [4.78, 5) is 9.31. The molecule has 0 bridgehead atoms. The highest BCUT2D eigenvalue weighted by Gasteiger charge is 2.31. The predicted octanol–water partition coefficient (Wildman–Crippen LogP) is 2.40. The Morgan fingerprint density at radius 2 is 2.00 bits per heavy atom. The first-order chi connectivity index (χ1) is 12.5. The van der Waals surface area contributed by atoms with Crippen LogP contribution in [0, 0.1) is 5.92 Å². The average molecular weight is 360 g/mol. The van der Waals surface area contributed by atoms with E-state index in [0.717, 1.165) is 45.1 Å². The Morgan fingerprint density at radius 1 is 1.27 bits per heavy atom. The number of hydrogen-bond donors (Lipinski definition) is 2. The molecule has 1 fully saturated rings. The van der Waals surface area contributed by atoms with Gasteiger partial charge in [-0.2, -0.15) is 0 Å². The van der Waals surface area contributed by atoms with Gasteiger partial charge >= 0.3 is 0 Å². The van der Waals surface area contributed by atoms with E-state index in [2.05, 4.69) is 83.6 Å². The molecule has 0 aromatic heterocycles. The lowest BCUT2D eigenvalue weighted by molar-refractivity contribution is 0.265. The first-order valence-corrected chi connectivity index (χ1v) is 9.93. The smallest absolute Gasteiger partial charge is 0.191 e. The molecule has 0 aliphatic carbocycles. The van der Waals surface area contributed by atoms with Crippen molar-refractivity contribution in [2.75, 3.05) is 40.3 Å². The van der Waals surface area contributed by atoms with Crippen LogP contribution in [0.2, 0.25) is 0 Å². The normalized spacial score (nSPS) is 21.6. The molecule has 5 heteroatoms. The van der Waals surface area contributed by atoms with E-state index in [1.807, 2.05) is 7.05 Å². The summed E-state index contributed by atoms with van der Waals surface area (Å²) in [6.45, 7) is 12.1. The third-order valence-corrected chi connectivity index (χ3v) is 5.22. The van der Waals surface area contributed by atoms with E-state index in [9.17, 15) is 0 Å². The maximum absolute atomic E-state index is 4.40. The van der Waals surface area contributed by atoms with Crippen LogP contribution in [0.15, 0.2) is 35.3 Å². The zero-order chi connectivity index (χ0) is 18.9. The number of benzene rings is 1. The van der Waals surface area contributed by atoms with Crippen molar-refractivity contribution in [3.8, 4) is 0 Å². The number of hydrogen-bond acceptors (Lipinski definition) is 3. The van der Waals surface area contributed by atoms with Gasteiger partial charge in [0.05, 0.1) is 0 Å². The number of nitrogens with zero attached hydrogens (tertiary/aromatic N) is 3. The summed E-state index contributed by atoms with van der Waals surface area (Å²) in [5.74, 6) is 1.58. The van der Waals surface area contributed by atoms with Crippen LogP contribution in [0.1, 0.15) is 32.8 Å². The maximum atomic E-state index is 4.40. The lowest BCUT2D eigenvalue weighted by Crippen LogP contribution is -2.47. The van der Waals surface area contributed by atoms with E-state index in [4.69, 9.17) is 0 Å². The summed E-state index contributed by atoms with van der Waals surface area (Å²) in [6.07, 6.45) is 1.10. The lowest BCUT2D eigenvalue weighted by Gasteiger charge is -2.22. The van der Waals surface area contributed by atoms with Gasteiger partial charge < -0.3 is 15.5 Å². The van der Waals surface area contributed by atoms with Crippen molar-refractivity contribution in [1.82, 2.24) is 20.4 Å². The largest absolute Gasteiger partial charge is 0.356 e. The molecule has 1 aliphatic rings. The van der Waals surface area contributed by atoms with Crippen molar-refractivity contribution < 1.29 is 0 Å².